The van der Waals surface area contributed by atoms with Gasteiger partial charge in [0.15, 0.2) is 6.10 Å². The van der Waals surface area contributed by atoms with E-state index in [0.29, 0.717) is 12.8 Å². The molecular weight excluding hydrogens is 608 g/mol. The van der Waals surface area contributed by atoms with Crippen LogP contribution in [0.3, 0.4) is 0 Å². The number of ether oxygens (including phenoxy) is 2. The number of hydrogen-bond donors (Lipinski definition) is 1. The molecule has 0 fully saturated rings. The zero-order chi connectivity index (χ0) is 35.7. The van der Waals surface area contributed by atoms with Gasteiger partial charge >= 0.3 is 11.9 Å². The summed E-state index contributed by atoms with van der Waals surface area (Å²) in [4.78, 5) is 24.3. The van der Waals surface area contributed by atoms with E-state index in [-0.39, 0.29) is 25.2 Å². The normalized spacial score (nSPS) is 12.3. The quantitative estimate of drug-likeness (QED) is 0.0395. The summed E-state index contributed by atoms with van der Waals surface area (Å²) in [5.74, 6) is -0.589. The zero-order valence-electron chi connectivity index (χ0n) is 32.7. The molecule has 0 saturated heterocycles. The van der Waals surface area contributed by atoms with E-state index in [9.17, 15) is 14.7 Å². The third-order valence-electron chi connectivity index (χ3n) is 9.50. The number of esters is 2. The Labute approximate surface area is 304 Å². The average molecular weight is 691 g/mol. The Balaban J connectivity index is 3.51. The molecule has 1 unspecified atom stereocenters. The third kappa shape index (κ3) is 39.0. The molecule has 0 bridgehead atoms. The Bertz CT molecular complexity index is 746. The molecule has 0 aliphatic rings. The molecule has 0 spiro atoms. The zero-order valence-corrected chi connectivity index (χ0v) is 32.7. The van der Waals surface area contributed by atoms with Crippen LogP contribution < -0.4 is 0 Å². The Morgan fingerprint density at radius 1 is 0.469 bits per heavy atom. The van der Waals surface area contributed by atoms with Crippen LogP contribution in [0.1, 0.15) is 226 Å². The molecular formula is C44H82O5. The summed E-state index contributed by atoms with van der Waals surface area (Å²) in [6.07, 6.45) is 48.1. The van der Waals surface area contributed by atoms with Gasteiger partial charge in [0, 0.05) is 12.8 Å². The molecule has 0 saturated carbocycles. The van der Waals surface area contributed by atoms with E-state index in [1.165, 1.54) is 148 Å². The van der Waals surface area contributed by atoms with Gasteiger partial charge in [0.05, 0.1) is 6.61 Å². The lowest BCUT2D eigenvalue weighted by molar-refractivity contribution is -0.161. The third-order valence-corrected chi connectivity index (χ3v) is 9.50. The lowest BCUT2D eigenvalue weighted by atomic mass is 10.0. The number of unbranched alkanes of at least 4 members (excludes halogenated alkanes) is 27. The van der Waals surface area contributed by atoms with Crippen molar-refractivity contribution in [3.63, 3.8) is 0 Å². The van der Waals surface area contributed by atoms with Crippen molar-refractivity contribution in [1.82, 2.24) is 0 Å². The lowest BCUT2D eigenvalue weighted by Gasteiger charge is -2.15. The number of allylic oxidation sites excluding steroid dienone is 4. The van der Waals surface area contributed by atoms with Gasteiger partial charge in [0.2, 0.25) is 0 Å². The summed E-state index contributed by atoms with van der Waals surface area (Å²) >= 11 is 0. The Hall–Kier alpha value is -1.62. The summed E-state index contributed by atoms with van der Waals surface area (Å²) in [5.41, 5.74) is 0. The Kier molecular flexibility index (Phi) is 39.5. The van der Waals surface area contributed by atoms with Crippen LogP contribution in [0.5, 0.6) is 0 Å². The molecule has 1 N–H and O–H groups in total. The standard InChI is InChI=1S/C44H82O5/c1-3-5-7-9-11-13-15-17-19-21-23-24-26-28-30-32-34-36-38-43(46)48-41-42(40-45)49-44(47)39-37-35-33-31-29-27-25-22-20-18-16-14-12-10-8-6-4-2/h12,14,18,20,42,45H,3-11,13,15-17,19,21-41H2,1-2H3/b14-12-,20-18-. The smallest absolute Gasteiger partial charge is 0.306 e. The largest absolute Gasteiger partial charge is 0.462 e. The van der Waals surface area contributed by atoms with Gasteiger partial charge in [-0.2, -0.15) is 0 Å². The van der Waals surface area contributed by atoms with Crippen molar-refractivity contribution < 1.29 is 24.2 Å². The van der Waals surface area contributed by atoms with Crippen LogP contribution in [0.4, 0.5) is 0 Å². The highest BCUT2D eigenvalue weighted by molar-refractivity contribution is 5.70. The molecule has 49 heavy (non-hydrogen) atoms. The number of hydrogen-bond acceptors (Lipinski definition) is 5. The monoisotopic (exact) mass is 691 g/mol. The number of carbonyl (C=O) groups is 2. The molecule has 0 aliphatic carbocycles. The van der Waals surface area contributed by atoms with Gasteiger partial charge in [-0.25, -0.2) is 0 Å². The maximum Gasteiger partial charge on any atom is 0.306 e. The van der Waals surface area contributed by atoms with E-state index in [1.807, 2.05) is 0 Å². The van der Waals surface area contributed by atoms with E-state index in [2.05, 4.69) is 38.2 Å². The molecule has 1 atom stereocenters. The highest BCUT2D eigenvalue weighted by Gasteiger charge is 2.16. The highest BCUT2D eigenvalue weighted by Crippen LogP contribution is 2.15. The minimum Gasteiger partial charge on any atom is -0.462 e. The maximum atomic E-state index is 12.2. The van der Waals surface area contributed by atoms with Crippen molar-refractivity contribution in [2.24, 2.45) is 0 Å². The Morgan fingerprint density at radius 3 is 1.24 bits per heavy atom. The Morgan fingerprint density at radius 2 is 0.816 bits per heavy atom. The molecule has 0 aromatic carbocycles. The summed E-state index contributed by atoms with van der Waals surface area (Å²) in [6.45, 7) is 4.13. The predicted molar refractivity (Wildman–Crippen MR) is 210 cm³/mol. The molecule has 5 heteroatoms. The molecule has 5 nitrogen and oxygen atoms in total. The summed E-state index contributed by atoms with van der Waals surface area (Å²) < 4.78 is 10.6. The fourth-order valence-corrected chi connectivity index (χ4v) is 6.23. The molecule has 288 valence electrons. The van der Waals surface area contributed by atoms with Crippen LogP contribution >= 0.6 is 0 Å². The highest BCUT2D eigenvalue weighted by atomic mass is 16.6. The number of carbonyl (C=O) groups excluding carboxylic acids is 2. The first-order valence-corrected chi connectivity index (χ1v) is 21.4. The second-order valence-corrected chi connectivity index (χ2v) is 14.4. The van der Waals surface area contributed by atoms with E-state index >= 15 is 0 Å². The fraction of sp³-hybridized carbons (Fsp3) is 0.864. The fourth-order valence-electron chi connectivity index (χ4n) is 6.23. The van der Waals surface area contributed by atoms with Crippen LogP contribution in [0.25, 0.3) is 0 Å². The van der Waals surface area contributed by atoms with Gasteiger partial charge in [-0.15, -0.1) is 0 Å². The predicted octanol–water partition coefficient (Wildman–Crippen LogP) is 13.5. The van der Waals surface area contributed by atoms with Crippen molar-refractivity contribution in [3.05, 3.63) is 24.3 Å². The van der Waals surface area contributed by atoms with E-state index in [1.54, 1.807) is 0 Å². The topological polar surface area (TPSA) is 72.8 Å². The van der Waals surface area contributed by atoms with E-state index < -0.39 is 6.10 Å². The number of rotatable bonds is 39. The van der Waals surface area contributed by atoms with Crippen LogP contribution in [-0.2, 0) is 19.1 Å². The molecule has 0 aromatic heterocycles. The first kappa shape index (κ1) is 47.4. The van der Waals surface area contributed by atoms with Gasteiger partial charge in [0.1, 0.15) is 6.61 Å². The molecule has 0 aromatic rings. The molecule has 0 amide bonds. The first-order valence-electron chi connectivity index (χ1n) is 21.4. The van der Waals surface area contributed by atoms with Crippen molar-refractivity contribution >= 4 is 11.9 Å². The van der Waals surface area contributed by atoms with Crippen molar-refractivity contribution in [2.75, 3.05) is 13.2 Å². The second-order valence-electron chi connectivity index (χ2n) is 14.4. The van der Waals surface area contributed by atoms with Crippen LogP contribution in [0.2, 0.25) is 0 Å². The SMILES string of the molecule is CCCCC/C=C\C/C=C\CCCCCCCCCC(=O)OC(CO)COC(=O)CCCCCCCCCCCCCCCCCCCC. The molecule has 0 rings (SSSR count). The number of aliphatic hydroxyl groups is 1. The summed E-state index contributed by atoms with van der Waals surface area (Å²) in [6, 6.07) is 0. The molecule has 0 radical (unpaired) electrons. The van der Waals surface area contributed by atoms with Gasteiger partial charge in [0.25, 0.3) is 0 Å². The molecule has 0 aliphatic heterocycles. The molecule has 0 heterocycles. The van der Waals surface area contributed by atoms with Gasteiger partial charge in [-0.1, -0.05) is 192 Å². The minimum atomic E-state index is -0.771. The van der Waals surface area contributed by atoms with Crippen LogP contribution in [0, 0.1) is 0 Å². The van der Waals surface area contributed by atoms with Crippen molar-refractivity contribution in [2.45, 2.75) is 232 Å². The van der Waals surface area contributed by atoms with Gasteiger partial charge < -0.3 is 14.6 Å². The number of aliphatic hydroxyl groups excluding tert-OH is 1. The second kappa shape index (κ2) is 40.8. The summed E-state index contributed by atoms with van der Waals surface area (Å²) in [7, 11) is 0. The first-order chi connectivity index (χ1) is 24.1. The van der Waals surface area contributed by atoms with Gasteiger partial charge in [-0.3, -0.25) is 9.59 Å². The average Bonchev–Trinajstić information content (AvgIpc) is 3.10. The van der Waals surface area contributed by atoms with Crippen LogP contribution in [-0.4, -0.2) is 36.4 Å². The minimum absolute atomic E-state index is 0.0644. The maximum absolute atomic E-state index is 12.2. The van der Waals surface area contributed by atoms with Crippen molar-refractivity contribution in [1.29, 1.82) is 0 Å². The van der Waals surface area contributed by atoms with Crippen molar-refractivity contribution in [3.8, 4) is 0 Å². The lowest BCUT2D eigenvalue weighted by Crippen LogP contribution is -2.28. The summed E-state index contributed by atoms with van der Waals surface area (Å²) in [5, 5.41) is 9.57. The van der Waals surface area contributed by atoms with Gasteiger partial charge in [-0.05, 0) is 44.9 Å². The van der Waals surface area contributed by atoms with E-state index in [0.717, 1.165) is 51.4 Å². The van der Waals surface area contributed by atoms with E-state index in [4.69, 9.17) is 9.47 Å². The van der Waals surface area contributed by atoms with Crippen LogP contribution in [0.15, 0.2) is 24.3 Å².